The average molecular weight is 250 g/mol. The predicted molar refractivity (Wildman–Crippen MR) is 73.4 cm³/mol. The smallest absolute Gasteiger partial charge is 0.407 e. The maximum absolute atomic E-state index is 11.4. The zero-order valence-electron chi connectivity index (χ0n) is 11.3. The monoisotopic (exact) mass is 250 g/mol. The lowest BCUT2D eigenvalue weighted by Gasteiger charge is -2.19. The number of anilines is 1. The highest BCUT2D eigenvalue weighted by Gasteiger charge is 2.15. The van der Waals surface area contributed by atoms with Gasteiger partial charge in [0.25, 0.3) is 0 Å². The highest BCUT2D eigenvalue weighted by molar-refractivity contribution is 5.67. The van der Waals surface area contributed by atoms with Gasteiger partial charge in [0.15, 0.2) is 0 Å². The largest absolute Gasteiger partial charge is 0.444 e. The van der Waals surface area contributed by atoms with Crippen LogP contribution in [0.25, 0.3) is 0 Å². The minimum atomic E-state index is -0.446. The molecule has 1 aromatic carbocycles. The number of nitrogens with two attached hydrogens (primary N) is 1. The van der Waals surface area contributed by atoms with Crippen LogP contribution in [-0.4, -0.2) is 18.2 Å². The topological polar surface area (TPSA) is 64.3 Å². The standard InChI is InChI=1S/C14H22N2O2/c1-14(2,3)18-13(17)16-9-5-7-11-6-4-8-12(15)10-11/h4,6,8,10H,5,7,9,15H2,1-3H3,(H,16,17). The summed E-state index contributed by atoms with van der Waals surface area (Å²) in [6.45, 7) is 6.14. The third-order valence-electron chi connectivity index (χ3n) is 2.26. The van der Waals surface area contributed by atoms with Crippen molar-refractivity contribution in [1.82, 2.24) is 5.32 Å². The number of carbonyl (C=O) groups is 1. The van der Waals surface area contributed by atoms with E-state index < -0.39 is 5.60 Å². The quantitative estimate of drug-likeness (QED) is 0.638. The average Bonchev–Trinajstić information content (AvgIpc) is 2.22. The van der Waals surface area contributed by atoms with Gasteiger partial charge in [-0.1, -0.05) is 12.1 Å². The number of hydrogen-bond donors (Lipinski definition) is 2. The minimum Gasteiger partial charge on any atom is -0.444 e. The normalized spacial score (nSPS) is 11.1. The summed E-state index contributed by atoms with van der Waals surface area (Å²) < 4.78 is 5.14. The van der Waals surface area contributed by atoms with Crippen LogP contribution in [-0.2, 0) is 11.2 Å². The summed E-state index contributed by atoms with van der Waals surface area (Å²) in [7, 11) is 0. The van der Waals surface area contributed by atoms with Crippen molar-refractivity contribution in [3.05, 3.63) is 29.8 Å². The summed E-state index contributed by atoms with van der Waals surface area (Å²) in [4.78, 5) is 11.4. The molecule has 0 fully saturated rings. The number of nitrogens with one attached hydrogen (secondary N) is 1. The molecule has 0 atom stereocenters. The number of aryl methyl sites for hydroxylation is 1. The maximum atomic E-state index is 11.4. The molecule has 18 heavy (non-hydrogen) atoms. The Morgan fingerprint density at radius 1 is 1.39 bits per heavy atom. The maximum Gasteiger partial charge on any atom is 0.407 e. The lowest BCUT2D eigenvalue weighted by Crippen LogP contribution is -2.33. The van der Waals surface area contributed by atoms with Gasteiger partial charge in [-0.3, -0.25) is 0 Å². The fourth-order valence-corrected chi connectivity index (χ4v) is 1.55. The third kappa shape index (κ3) is 6.13. The molecule has 100 valence electrons. The van der Waals surface area contributed by atoms with Crippen molar-refractivity contribution in [2.45, 2.75) is 39.2 Å². The van der Waals surface area contributed by atoms with Gasteiger partial charge in [-0.2, -0.15) is 0 Å². The van der Waals surface area contributed by atoms with Crippen LogP contribution in [0.1, 0.15) is 32.8 Å². The molecule has 0 bridgehead atoms. The van der Waals surface area contributed by atoms with E-state index in [0.29, 0.717) is 6.54 Å². The van der Waals surface area contributed by atoms with Crippen LogP contribution in [0, 0.1) is 0 Å². The molecular weight excluding hydrogens is 228 g/mol. The lowest BCUT2D eigenvalue weighted by atomic mass is 10.1. The Morgan fingerprint density at radius 3 is 2.72 bits per heavy atom. The molecular formula is C14H22N2O2. The van der Waals surface area contributed by atoms with Crippen LogP contribution in [0.5, 0.6) is 0 Å². The number of ether oxygens (including phenoxy) is 1. The van der Waals surface area contributed by atoms with Gasteiger partial charge < -0.3 is 15.8 Å². The van der Waals surface area contributed by atoms with E-state index in [-0.39, 0.29) is 6.09 Å². The molecule has 3 N–H and O–H groups in total. The second kappa shape index (κ2) is 6.28. The molecule has 0 spiro atoms. The highest BCUT2D eigenvalue weighted by Crippen LogP contribution is 2.09. The van der Waals surface area contributed by atoms with E-state index in [0.717, 1.165) is 18.5 Å². The van der Waals surface area contributed by atoms with E-state index in [2.05, 4.69) is 5.32 Å². The molecule has 1 rings (SSSR count). The number of rotatable bonds is 4. The molecule has 4 nitrogen and oxygen atoms in total. The Hall–Kier alpha value is -1.71. The molecule has 0 saturated carbocycles. The summed E-state index contributed by atoms with van der Waals surface area (Å²) >= 11 is 0. The van der Waals surface area contributed by atoms with Gasteiger partial charge in [0.2, 0.25) is 0 Å². The van der Waals surface area contributed by atoms with Gasteiger partial charge in [-0.05, 0) is 51.3 Å². The molecule has 0 aromatic heterocycles. The fraction of sp³-hybridized carbons (Fsp3) is 0.500. The van der Waals surface area contributed by atoms with Crippen molar-refractivity contribution in [2.24, 2.45) is 0 Å². The summed E-state index contributed by atoms with van der Waals surface area (Å²) in [5.74, 6) is 0. The molecule has 1 aromatic rings. The summed E-state index contributed by atoms with van der Waals surface area (Å²) in [5.41, 5.74) is 7.20. The third-order valence-corrected chi connectivity index (χ3v) is 2.26. The van der Waals surface area contributed by atoms with Crippen LogP contribution in [0.3, 0.4) is 0 Å². The molecule has 0 unspecified atom stereocenters. The fourth-order valence-electron chi connectivity index (χ4n) is 1.55. The molecule has 0 aliphatic rings. The molecule has 0 heterocycles. The van der Waals surface area contributed by atoms with Gasteiger partial charge in [0, 0.05) is 12.2 Å². The van der Waals surface area contributed by atoms with E-state index in [1.165, 1.54) is 5.56 Å². The summed E-state index contributed by atoms with van der Waals surface area (Å²) in [6, 6.07) is 7.78. The predicted octanol–water partition coefficient (Wildman–Crippen LogP) is 2.73. The van der Waals surface area contributed by atoms with Gasteiger partial charge in [0.1, 0.15) is 5.60 Å². The van der Waals surface area contributed by atoms with Crippen molar-refractivity contribution < 1.29 is 9.53 Å². The number of benzene rings is 1. The van der Waals surface area contributed by atoms with Gasteiger partial charge in [-0.25, -0.2) is 4.79 Å². The van der Waals surface area contributed by atoms with Crippen LogP contribution in [0.4, 0.5) is 10.5 Å². The molecule has 0 radical (unpaired) electrons. The first-order valence-corrected chi connectivity index (χ1v) is 6.18. The first-order valence-electron chi connectivity index (χ1n) is 6.18. The van der Waals surface area contributed by atoms with E-state index >= 15 is 0 Å². The van der Waals surface area contributed by atoms with Crippen molar-refractivity contribution in [3.63, 3.8) is 0 Å². The number of carbonyl (C=O) groups excluding carboxylic acids is 1. The Balaban J connectivity index is 2.21. The van der Waals surface area contributed by atoms with Gasteiger partial charge in [0.05, 0.1) is 0 Å². The Kier molecular flexibility index (Phi) is 5.01. The van der Waals surface area contributed by atoms with E-state index in [1.807, 2.05) is 45.0 Å². The number of amides is 1. The van der Waals surface area contributed by atoms with Crippen LogP contribution < -0.4 is 11.1 Å². The number of nitrogen functional groups attached to an aromatic ring is 1. The number of hydrogen-bond acceptors (Lipinski definition) is 3. The van der Waals surface area contributed by atoms with Gasteiger partial charge in [-0.15, -0.1) is 0 Å². The molecule has 0 saturated heterocycles. The SMILES string of the molecule is CC(C)(C)OC(=O)NCCCc1cccc(N)c1. The van der Waals surface area contributed by atoms with E-state index in [1.54, 1.807) is 0 Å². The van der Waals surface area contributed by atoms with Crippen molar-refractivity contribution >= 4 is 11.8 Å². The lowest BCUT2D eigenvalue weighted by molar-refractivity contribution is 0.0527. The van der Waals surface area contributed by atoms with Crippen LogP contribution in [0.15, 0.2) is 24.3 Å². The first-order chi connectivity index (χ1) is 8.37. The van der Waals surface area contributed by atoms with Crippen LogP contribution in [0.2, 0.25) is 0 Å². The van der Waals surface area contributed by atoms with E-state index in [4.69, 9.17) is 10.5 Å². The summed E-state index contributed by atoms with van der Waals surface area (Å²) in [5, 5.41) is 2.73. The van der Waals surface area contributed by atoms with E-state index in [9.17, 15) is 4.79 Å². The van der Waals surface area contributed by atoms with Crippen molar-refractivity contribution in [2.75, 3.05) is 12.3 Å². The second-order valence-corrected chi connectivity index (χ2v) is 5.28. The van der Waals surface area contributed by atoms with Gasteiger partial charge >= 0.3 is 6.09 Å². The molecule has 0 aliphatic heterocycles. The Labute approximate surface area is 109 Å². The summed E-state index contributed by atoms with van der Waals surface area (Å²) in [6.07, 6.45) is 1.39. The Morgan fingerprint density at radius 2 is 2.11 bits per heavy atom. The second-order valence-electron chi connectivity index (χ2n) is 5.28. The highest BCUT2D eigenvalue weighted by atomic mass is 16.6. The molecule has 0 aliphatic carbocycles. The first kappa shape index (κ1) is 14.4. The zero-order valence-corrected chi connectivity index (χ0v) is 11.3. The molecule has 4 heteroatoms. The zero-order chi connectivity index (χ0) is 13.6. The number of alkyl carbamates (subject to hydrolysis) is 1. The minimum absolute atomic E-state index is 0.366. The molecule has 1 amide bonds. The van der Waals surface area contributed by atoms with Crippen molar-refractivity contribution in [3.8, 4) is 0 Å². The van der Waals surface area contributed by atoms with Crippen molar-refractivity contribution in [1.29, 1.82) is 0 Å². The van der Waals surface area contributed by atoms with Crippen LogP contribution >= 0.6 is 0 Å². The Bertz CT molecular complexity index is 397.